The van der Waals surface area contributed by atoms with Gasteiger partial charge >= 0.3 is 5.97 Å². The molecule has 9 nitrogen and oxygen atoms in total. The molecule has 3 rings (SSSR count). The van der Waals surface area contributed by atoms with E-state index in [1.807, 2.05) is 13.0 Å². The standard InChI is InChI=1S/C41H74O9/c1-5-6-21-34(42)22-17-15-19-24-36(47-31-45-4)38-26-28-40(50-38)39-27-25-37(49-39)35(46-30-44-3)23-18-14-12-10-8-7-9-11-13-16-20-33-29-32(2)48-41(33)43/h29,32,34-40,42H,5-28,30-31H2,1-4H3/t32-,34-,35+,36-,37+,38+,39+,40+/m0/s1. The maximum atomic E-state index is 11.7. The largest absolute Gasteiger partial charge is 0.455 e. The Labute approximate surface area is 304 Å². The fourth-order valence-electron chi connectivity index (χ4n) is 7.91. The Morgan fingerprint density at radius 1 is 0.680 bits per heavy atom. The highest BCUT2D eigenvalue weighted by Crippen LogP contribution is 2.36. The summed E-state index contributed by atoms with van der Waals surface area (Å²) >= 11 is 0. The normalized spacial score (nSPS) is 25.6. The lowest BCUT2D eigenvalue weighted by Crippen LogP contribution is -2.35. The summed E-state index contributed by atoms with van der Waals surface area (Å²) in [4.78, 5) is 11.7. The number of unbranched alkanes of at least 4 members (excludes halogenated alkanes) is 12. The van der Waals surface area contributed by atoms with Gasteiger partial charge in [-0.1, -0.05) is 96.8 Å². The summed E-state index contributed by atoms with van der Waals surface area (Å²) in [5, 5.41) is 10.2. The quantitative estimate of drug-likeness (QED) is 0.0429. The molecule has 2 saturated heterocycles. The Morgan fingerprint density at radius 2 is 1.14 bits per heavy atom. The highest BCUT2D eigenvalue weighted by atomic mass is 16.7. The third-order valence-corrected chi connectivity index (χ3v) is 10.8. The van der Waals surface area contributed by atoms with Gasteiger partial charge in [0.25, 0.3) is 0 Å². The van der Waals surface area contributed by atoms with E-state index in [-0.39, 0.29) is 61.6 Å². The van der Waals surface area contributed by atoms with Crippen molar-refractivity contribution in [3.63, 3.8) is 0 Å². The van der Waals surface area contributed by atoms with E-state index in [1.54, 1.807) is 14.2 Å². The third-order valence-electron chi connectivity index (χ3n) is 10.8. The van der Waals surface area contributed by atoms with Crippen molar-refractivity contribution in [1.29, 1.82) is 0 Å². The van der Waals surface area contributed by atoms with E-state index in [9.17, 15) is 9.90 Å². The third kappa shape index (κ3) is 17.2. The molecule has 292 valence electrons. The number of cyclic esters (lactones) is 1. The topological polar surface area (TPSA) is 102 Å². The zero-order valence-electron chi connectivity index (χ0n) is 32.3. The van der Waals surface area contributed by atoms with Crippen LogP contribution in [0.5, 0.6) is 0 Å². The number of rotatable bonds is 31. The van der Waals surface area contributed by atoms with Crippen molar-refractivity contribution in [2.75, 3.05) is 27.8 Å². The van der Waals surface area contributed by atoms with Crippen molar-refractivity contribution < 1.29 is 43.1 Å². The molecule has 0 spiro atoms. The molecule has 9 heteroatoms. The average molecular weight is 711 g/mol. The van der Waals surface area contributed by atoms with Crippen LogP contribution in [0.4, 0.5) is 0 Å². The Balaban J connectivity index is 1.27. The van der Waals surface area contributed by atoms with Crippen LogP contribution in [0.15, 0.2) is 11.6 Å². The van der Waals surface area contributed by atoms with Gasteiger partial charge < -0.3 is 38.3 Å². The van der Waals surface area contributed by atoms with Gasteiger partial charge in [0.05, 0.1) is 42.7 Å². The Bertz CT molecular complexity index is 897. The van der Waals surface area contributed by atoms with Crippen molar-refractivity contribution in [3.05, 3.63) is 11.6 Å². The molecular weight excluding hydrogens is 636 g/mol. The minimum absolute atomic E-state index is 0.0253. The van der Waals surface area contributed by atoms with Gasteiger partial charge in [0.15, 0.2) is 0 Å². The molecular formula is C41H74O9. The number of carbonyl (C=O) groups excluding carboxylic acids is 1. The molecule has 1 N–H and O–H groups in total. The van der Waals surface area contributed by atoms with Gasteiger partial charge in [0.2, 0.25) is 0 Å². The van der Waals surface area contributed by atoms with Crippen LogP contribution < -0.4 is 0 Å². The van der Waals surface area contributed by atoms with E-state index < -0.39 is 0 Å². The first-order chi connectivity index (χ1) is 24.4. The number of ether oxygens (including phenoxy) is 7. The first-order valence-electron chi connectivity index (χ1n) is 20.6. The highest BCUT2D eigenvalue weighted by Gasteiger charge is 2.41. The monoisotopic (exact) mass is 711 g/mol. The van der Waals surface area contributed by atoms with E-state index in [4.69, 9.17) is 33.2 Å². The number of hydrogen-bond donors (Lipinski definition) is 1. The van der Waals surface area contributed by atoms with Gasteiger partial charge in [-0.05, 0) is 77.2 Å². The Kier molecular flexibility index (Phi) is 23.1. The summed E-state index contributed by atoms with van der Waals surface area (Å²) in [5.41, 5.74) is 0.870. The molecule has 50 heavy (non-hydrogen) atoms. The second-order valence-electron chi connectivity index (χ2n) is 15.1. The number of aliphatic hydroxyl groups excluding tert-OH is 1. The van der Waals surface area contributed by atoms with Gasteiger partial charge in [-0.25, -0.2) is 4.79 Å². The van der Waals surface area contributed by atoms with Crippen LogP contribution in [0.3, 0.4) is 0 Å². The number of aliphatic hydroxyl groups is 1. The van der Waals surface area contributed by atoms with E-state index in [1.165, 1.54) is 51.4 Å². The second kappa shape index (κ2) is 26.7. The summed E-state index contributed by atoms with van der Waals surface area (Å²) < 4.78 is 41.3. The van der Waals surface area contributed by atoms with Gasteiger partial charge in [-0.2, -0.15) is 0 Å². The second-order valence-corrected chi connectivity index (χ2v) is 15.1. The molecule has 0 aromatic carbocycles. The molecule has 0 amide bonds. The maximum absolute atomic E-state index is 11.7. The van der Waals surface area contributed by atoms with Crippen LogP contribution in [0.1, 0.15) is 168 Å². The van der Waals surface area contributed by atoms with Crippen LogP contribution in [0.25, 0.3) is 0 Å². The summed E-state index contributed by atoms with van der Waals surface area (Å²) in [6.45, 7) is 4.67. The average Bonchev–Trinajstić information content (AvgIpc) is 3.87. The zero-order chi connectivity index (χ0) is 35.8. The Morgan fingerprint density at radius 3 is 1.62 bits per heavy atom. The first kappa shape index (κ1) is 43.3. The van der Waals surface area contributed by atoms with E-state index >= 15 is 0 Å². The lowest BCUT2D eigenvalue weighted by molar-refractivity contribution is -0.158. The Hall–Kier alpha value is -1.07. The number of carbonyl (C=O) groups is 1. The molecule has 0 radical (unpaired) electrons. The van der Waals surface area contributed by atoms with E-state index in [2.05, 4.69) is 6.92 Å². The molecule has 3 heterocycles. The van der Waals surface area contributed by atoms with Crippen molar-refractivity contribution in [3.8, 4) is 0 Å². The molecule has 0 unspecified atom stereocenters. The van der Waals surface area contributed by atoms with Crippen LogP contribution in [0, 0.1) is 0 Å². The molecule has 0 aliphatic carbocycles. The SMILES string of the molecule is CCCC[C@H](O)CCCCC[C@H](OCOC)[C@H]1CC[C@H]([C@H]2CC[C@H]([C@@H](CCCCCCCCCCCCC3=C[C@H](C)OC3=O)OCOC)O2)O1. The lowest BCUT2D eigenvalue weighted by Gasteiger charge is -2.27. The maximum Gasteiger partial charge on any atom is 0.334 e. The van der Waals surface area contributed by atoms with E-state index in [0.29, 0.717) is 6.79 Å². The van der Waals surface area contributed by atoms with Crippen LogP contribution >= 0.6 is 0 Å². The fourth-order valence-corrected chi connectivity index (χ4v) is 7.91. The highest BCUT2D eigenvalue weighted by molar-refractivity contribution is 5.90. The zero-order valence-corrected chi connectivity index (χ0v) is 32.3. The van der Waals surface area contributed by atoms with Gasteiger partial charge in [0, 0.05) is 19.8 Å². The molecule has 0 aromatic rings. The number of esters is 1. The predicted molar refractivity (Wildman–Crippen MR) is 197 cm³/mol. The summed E-state index contributed by atoms with van der Waals surface area (Å²) in [5.74, 6) is -0.117. The van der Waals surface area contributed by atoms with Gasteiger partial charge in [-0.15, -0.1) is 0 Å². The molecule has 3 aliphatic rings. The minimum Gasteiger partial charge on any atom is -0.455 e. The van der Waals surface area contributed by atoms with Gasteiger partial charge in [-0.3, -0.25) is 0 Å². The number of methoxy groups -OCH3 is 2. The summed E-state index contributed by atoms with van der Waals surface area (Å²) in [7, 11) is 3.36. The first-order valence-corrected chi connectivity index (χ1v) is 20.6. The number of hydrogen-bond acceptors (Lipinski definition) is 9. The van der Waals surface area contributed by atoms with Crippen molar-refractivity contribution in [2.24, 2.45) is 0 Å². The molecule has 0 bridgehead atoms. The smallest absolute Gasteiger partial charge is 0.334 e. The summed E-state index contributed by atoms with van der Waals surface area (Å²) in [6.07, 6.45) is 28.6. The lowest BCUT2D eigenvalue weighted by atomic mass is 10.00. The van der Waals surface area contributed by atoms with Crippen molar-refractivity contribution in [1.82, 2.24) is 0 Å². The van der Waals surface area contributed by atoms with E-state index in [0.717, 1.165) is 108 Å². The summed E-state index contributed by atoms with van der Waals surface area (Å²) in [6, 6.07) is 0. The molecule has 0 saturated carbocycles. The molecule has 2 fully saturated rings. The van der Waals surface area contributed by atoms with Crippen LogP contribution in [0.2, 0.25) is 0 Å². The fraction of sp³-hybridized carbons (Fsp3) is 0.927. The van der Waals surface area contributed by atoms with Gasteiger partial charge in [0.1, 0.15) is 19.7 Å². The van der Waals surface area contributed by atoms with Crippen LogP contribution in [-0.2, 0) is 38.0 Å². The predicted octanol–water partition coefficient (Wildman–Crippen LogP) is 9.11. The van der Waals surface area contributed by atoms with Crippen molar-refractivity contribution in [2.45, 2.75) is 217 Å². The molecule has 0 aromatic heterocycles. The molecule has 3 aliphatic heterocycles. The van der Waals surface area contributed by atoms with Crippen molar-refractivity contribution >= 4 is 5.97 Å². The molecule has 8 atom stereocenters. The van der Waals surface area contributed by atoms with Crippen LogP contribution in [-0.4, -0.2) is 87.7 Å². The minimum atomic E-state index is -0.160.